The number of anilines is 1. The number of ketones is 1. The van der Waals surface area contributed by atoms with Crippen LogP contribution in [0.15, 0.2) is 91.0 Å². The number of esters is 1. The van der Waals surface area contributed by atoms with E-state index in [0.29, 0.717) is 48.3 Å². The van der Waals surface area contributed by atoms with Crippen molar-refractivity contribution >= 4 is 39.9 Å². The second kappa shape index (κ2) is 12.7. The second-order valence-corrected chi connectivity index (χ2v) is 11.1. The maximum absolute atomic E-state index is 13.7. The van der Waals surface area contributed by atoms with E-state index >= 15 is 0 Å². The van der Waals surface area contributed by atoms with E-state index < -0.39 is 29.5 Å². The number of benzene rings is 3. The summed E-state index contributed by atoms with van der Waals surface area (Å²) >= 11 is 0.920. The van der Waals surface area contributed by atoms with Crippen LogP contribution in [-0.2, 0) is 20.9 Å². The van der Waals surface area contributed by atoms with Gasteiger partial charge in [-0.1, -0.05) is 66.5 Å². The lowest BCUT2D eigenvalue weighted by atomic mass is 9.95. The van der Waals surface area contributed by atoms with Crippen molar-refractivity contribution in [2.24, 2.45) is 0 Å². The van der Waals surface area contributed by atoms with Gasteiger partial charge in [-0.15, -0.1) is 0 Å². The van der Waals surface area contributed by atoms with Gasteiger partial charge in [-0.05, 0) is 48.4 Å². The molecule has 3 aromatic carbocycles. The maximum Gasteiger partial charge on any atom is 0.350 e. The average Bonchev–Trinajstić information content (AvgIpc) is 3.58. The Labute approximate surface area is 262 Å². The summed E-state index contributed by atoms with van der Waals surface area (Å²) in [7, 11) is 0. The molecule has 11 heteroatoms. The van der Waals surface area contributed by atoms with Crippen molar-refractivity contribution in [2.75, 3.05) is 24.7 Å². The van der Waals surface area contributed by atoms with Gasteiger partial charge in [0.25, 0.3) is 5.78 Å². The maximum atomic E-state index is 13.7. The molecule has 0 saturated carbocycles. The highest BCUT2D eigenvalue weighted by molar-refractivity contribution is 7.17. The molecule has 45 heavy (non-hydrogen) atoms. The van der Waals surface area contributed by atoms with Gasteiger partial charge in [-0.25, -0.2) is 9.78 Å². The molecule has 0 unspecified atom stereocenters. The summed E-state index contributed by atoms with van der Waals surface area (Å²) in [4.78, 5) is 46.0. The summed E-state index contributed by atoms with van der Waals surface area (Å²) in [6.07, 6.45) is 1.44. The van der Waals surface area contributed by atoms with Crippen LogP contribution in [0.1, 0.15) is 38.1 Å². The van der Waals surface area contributed by atoms with Gasteiger partial charge in [0, 0.05) is 5.56 Å². The number of amides is 1. The molecular weight excluding hydrogens is 596 g/mol. The van der Waals surface area contributed by atoms with E-state index in [1.807, 2.05) is 30.3 Å². The second-order valence-electron chi connectivity index (χ2n) is 10.2. The topological polar surface area (TPSA) is 124 Å². The number of nitrogens with zero attached hydrogens (tertiary/aromatic N) is 2. The third kappa shape index (κ3) is 5.89. The lowest BCUT2D eigenvalue weighted by molar-refractivity contribution is -0.132. The molecule has 1 N–H and O–H groups in total. The van der Waals surface area contributed by atoms with Gasteiger partial charge in [-0.2, -0.15) is 0 Å². The third-order valence-corrected chi connectivity index (χ3v) is 8.33. The largest absolute Gasteiger partial charge is 0.507 e. The number of fused-ring (bicyclic) bond motifs is 1. The zero-order valence-electron chi connectivity index (χ0n) is 24.2. The highest BCUT2D eigenvalue weighted by atomic mass is 32.1. The number of carbonyl (C=O) groups excluding carboxylic acids is 3. The van der Waals surface area contributed by atoms with Crippen molar-refractivity contribution in [1.29, 1.82) is 0 Å². The molecular formula is C34H28N2O8S. The van der Waals surface area contributed by atoms with Gasteiger partial charge in [0.2, 0.25) is 0 Å². The van der Waals surface area contributed by atoms with E-state index in [-0.39, 0.29) is 27.8 Å². The van der Waals surface area contributed by atoms with Crippen LogP contribution >= 0.6 is 11.3 Å². The molecule has 6 rings (SSSR count). The summed E-state index contributed by atoms with van der Waals surface area (Å²) in [6, 6.07) is 20.3. The van der Waals surface area contributed by atoms with E-state index in [1.54, 1.807) is 49.4 Å². The summed E-state index contributed by atoms with van der Waals surface area (Å²) in [5, 5.41) is 11.7. The summed E-state index contributed by atoms with van der Waals surface area (Å²) in [5.74, 6) is -1.44. The lowest BCUT2D eigenvalue weighted by Gasteiger charge is -2.24. The Kier molecular flexibility index (Phi) is 8.35. The van der Waals surface area contributed by atoms with E-state index in [1.165, 1.54) is 11.0 Å². The van der Waals surface area contributed by atoms with Gasteiger partial charge >= 0.3 is 11.9 Å². The first-order valence-electron chi connectivity index (χ1n) is 14.1. The van der Waals surface area contributed by atoms with E-state index in [4.69, 9.17) is 18.9 Å². The fraction of sp³-hybridized carbons (Fsp3) is 0.176. The van der Waals surface area contributed by atoms with Crippen LogP contribution in [0, 0.1) is 6.92 Å². The normalized spacial score (nSPS) is 16.8. The number of ether oxygens (including phenoxy) is 4. The predicted molar refractivity (Wildman–Crippen MR) is 167 cm³/mol. The number of carbonyl (C=O) groups is 3. The third-order valence-electron chi connectivity index (χ3n) is 7.19. The van der Waals surface area contributed by atoms with Gasteiger partial charge in [-0.3, -0.25) is 14.5 Å². The first kappa shape index (κ1) is 29.6. The minimum atomic E-state index is -1.10. The van der Waals surface area contributed by atoms with Crippen LogP contribution in [0.3, 0.4) is 0 Å². The fourth-order valence-corrected chi connectivity index (χ4v) is 6.07. The summed E-state index contributed by atoms with van der Waals surface area (Å²) in [5.41, 5.74) is 1.89. The molecule has 228 valence electrons. The Balaban J connectivity index is 1.45. The molecule has 1 amide bonds. The number of aromatic nitrogens is 1. The number of hydrogen-bond acceptors (Lipinski definition) is 10. The van der Waals surface area contributed by atoms with Gasteiger partial charge in [0.1, 0.15) is 42.8 Å². The van der Waals surface area contributed by atoms with Crippen LogP contribution in [0.25, 0.3) is 5.76 Å². The standard InChI is InChI=1S/C34H28N2O8S/c1-3-14-43-33(40)31-20(2)35-34(45-31)36-28(22-10-7-11-24(17-22)44-19-21-8-5-4-6-9-21)27(30(38)32(36)39)29(37)23-12-13-25-26(18-23)42-16-15-41-25/h3-13,17-18,28,37H,1,14-16,19H2,2H3/t28-/m1/s1. The zero-order valence-corrected chi connectivity index (χ0v) is 25.0. The first-order valence-corrected chi connectivity index (χ1v) is 14.9. The quantitative estimate of drug-likeness (QED) is 0.0812. The van der Waals surface area contributed by atoms with Crippen molar-refractivity contribution in [1.82, 2.24) is 4.98 Å². The molecule has 0 radical (unpaired) electrons. The molecule has 4 aromatic rings. The average molecular weight is 625 g/mol. The number of rotatable bonds is 9. The van der Waals surface area contributed by atoms with Crippen molar-refractivity contribution in [3.63, 3.8) is 0 Å². The number of hydrogen-bond donors (Lipinski definition) is 1. The Morgan fingerprint density at radius 2 is 1.84 bits per heavy atom. The van der Waals surface area contributed by atoms with Crippen molar-refractivity contribution in [2.45, 2.75) is 19.6 Å². The highest BCUT2D eigenvalue weighted by Gasteiger charge is 2.48. The van der Waals surface area contributed by atoms with Crippen molar-refractivity contribution < 1.29 is 38.4 Å². The van der Waals surface area contributed by atoms with E-state index in [9.17, 15) is 19.5 Å². The Hall–Kier alpha value is -5.42. The number of Topliss-reactive ketones (excluding diaryl/α,β-unsaturated/α-hetero) is 1. The zero-order chi connectivity index (χ0) is 31.5. The highest BCUT2D eigenvalue weighted by Crippen LogP contribution is 2.45. The molecule has 1 atom stereocenters. The molecule has 3 heterocycles. The molecule has 2 aliphatic rings. The molecule has 0 spiro atoms. The summed E-state index contributed by atoms with van der Waals surface area (Å²) in [6.45, 7) is 6.19. The minimum Gasteiger partial charge on any atom is -0.507 e. The van der Waals surface area contributed by atoms with Crippen LogP contribution < -0.4 is 19.1 Å². The van der Waals surface area contributed by atoms with Gasteiger partial charge < -0.3 is 24.1 Å². The molecule has 0 aliphatic carbocycles. The SMILES string of the molecule is C=CCOC(=O)c1sc(N2C(=O)C(=O)C(=C(O)c3ccc4c(c3)OCCO4)[C@H]2c2cccc(OCc3ccccc3)c2)nc1C. The molecule has 1 aromatic heterocycles. The summed E-state index contributed by atoms with van der Waals surface area (Å²) < 4.78 is 22.5. The van der Waals surface area contributed by atoms with E-state index in [2.05, 4.69) is 11.6 Å². The lowest BCUT2D eigenvalue weighted by Crippen LogP contribution is -2.29. The van der Waals surface area contributed by atoms with Crippen LogP contribution in [0.4, 0.5) is 5.13 Å². The molecule has 1 saturated heterocycles. The monoisotopic (exact) mass is 624 g/mol. The number of thiazole rings is 1. The van der Waals surface area contributed by atoms with Crippen LogP contribution in [0.2, 0.25) is 0 Å². The molecule has 1 fully saturated rings. The van der Waals surface area contributed by atoms with Crippen molar-refractivity contribution in [3.05, 3.63) is 118 Å². The van der Waals surface area contributed by atoms with Gasteiger partial charge in [0.15, 0.2) is 16.6 Å². The van der Waals surface area contributed by atoms with Crippen molar-refractivity contribution in [3.8, 4) is 17.2 Å². The molecule has 2 aliphatic heterocycles. The Morgan fingerprint density at radius 1 is 1.07 bits per heavy atom. The smallest absolute Gasteiger partial charge is 0.350 e. The minimum absolute atomic E-state index is 0.00132. The Bertz CT molecular complexity index is 1830. The van der Waals surface area contributed by atoms with Crippen LogP contribution in [0.5, 0.6) is 17.2 Å². The molecule has 10 nitrogen and oxygen atoms in total. The number of aliphatic hydroxyl groups is 1. The number of aryl methyl sites for hydroxylation is 1. The van der Waals surface area contributed by atoms with Crippen LogP contribution in [-0.4, -0.2) is 47.6 Å². The fourth-order valence-electron chi connectivity index (χ4n) is 5.08. The Morgan fingerprint density at radius 3 is 2.62 bits per heavy atom. The first-order chi connectivity index (χ1) is 21.9. The van der Waals surface area contributed by atoms with E-state index in [0.717, 1.165) is 16.9 Å². The van der Waals surface area contributed by atoms with Gasteiger partial charge in [0.05, 0.1) is 17.3 Å². The predicted octanol–water partition coefficient (Wildman–Crippen LogP) is 5.77. The molecule has 0 bridgehead atoms. The number of aliphatic hydroxyl groups excluding tert-OH is 1.